The molecule has 202 valence electrons. The van der Waals surface area contributed by atoms with Crippen molar-refractivity contribution in [1.29, 1.82) is 0 Å². The molecule has 0 radical (unpaired) electrons. The summed E-state index contributed by atoms with van der Waals surface area (Å²) >= 11 is 14.2. The summed E-state index contributed by atoms with van der Waals surface area (Å²) in [4.78, 5) is 38.6. The molecule has 6 nitrogen and oxygen atoms in total. The maximum absolute atomic E-state index is 13.8. The molecule has 1 N–H and O–H groups in total. The van der Waals surface area contributed by atoms with Crippen molar-refractivity contribution in [3.63, 3.8) is 0 Å². The summed E-state index contributed by atoms with van der Waals surface area (Å²) in [7, 11) is 1.60. The molecular weight excluding hydrogens is 550 g/mol. The number of ketones is 1. The van der Waals surface area contributed by atoms with E-state index < -0.39 is 23.3 Å². The first-order chi connectivity index (χ1) is 17.8. The standard InChI is InChI=1S/C28H29Cl2FN2O4S/c1-6-38-15-16-7-8-19(26(35)25-22(29)11-18(31)12-23(25)30)20(9-16)21-14-33(5)24(34)10-17(21)13-32-27(36)37-28(2,3)4/h7-12,14H,6,13,15H2,1-5H3,(H,32,36). The summed E-state index contributed by atoms with van der Waals surface area (Å²) < 4.78 is 20.5. The van der Waals surface area contributed by atoms with Gasteiger partial charge < -0.3 is 14.6 Å². The first kappa shape index (κ1) is 29.7. The van der Waals surface area contributed by atoms with Gasteiger partial charge in [0.25, 0.3) is 5.56 Å². The molecule has 38 heavy (non-hydrogen) atoms. The molecule has 0 atom stereocenters. The van der Waals surface area contributed by atoms with Crippen LogP contribution in [-0.2, 0) is 24.1 Å². The molecule has 2 aromatic carbocycles. The van der Waals surface area contributed by atoms with Crippen LogP contribution in [0.1, 0.15) is 54.7 Å². The minimum Gasteiger partial charge on any atom is -0.444 e. The Morgan fingerprint density at radius 2 is 1.74 bits per heavy atom. The van der Waals surface area contributed by atoms with Gasteiger partial charge in [0.15, 0.2) is 5.78 Å². The Balaban J connectivity index is 2.17. The molecule has 0 bridgehead atoms. The van der Waals surface area contributed by atoms with E-state index >= 15 is 0 Å². The number of rotatable bonds is 8. The second-order valence-electron chi connectivity index (χ2n) is 9.61. The number of ether oxygens (including phenoxy) is 1. The number of carbonyl (C=O) groups is 2. The van der Waals surface area contributed by atoms with Crippen LogP contribution in [0.5, 0.6) is 0 Å². The molecule has 1 heterocycles. The maximum Gasteiger partial charge on any atom is 0.407 e. The highest BCUT2D eigenvalue weighted by atomic mass is 35.5. The third kappa shape index (κ3) is 7.40. The normalized spacial score (nSPS) is 11.4. The van der Waals surface area contributed by atoms with Crippen LogP contribution in [0.3, 0.4) is 0 Å². The molecule has 3 rings (SSSR count). The zero-order valence-corrected chi connectivity index (χ0v) is 24.1. The Morgan fingerprint density at radius 1 is 1.08 bits per heavy atom. The number of halogens is 3. The third-order valence-corrected chi connectivity index (χ3v) is 7.00. The number of pyridine rings is 1. The van der Waals surface area contributed by atoms with Crippen molar-refractivity contribution in [2.45, 2.75) is 45.6 Å². The van der Waals surface area contributed by atoms with E-state index in [1.807, 2.05) is 12.1 Å². The van der Waals surface area contributed by atoms with Crippen LogP contribution < -0.4 is 10.9 Å². The van der Waals surface area contributed by atoms with Crippen molar-refractivity contribution in [3.05, 3.63) is 91.1 Å². The molecule has 0 saturated carbocycles. The molecule has 1 amide bonds. The van der Waals surface area contributed by atoms with Crippen LogP contribution >= 0.6 is 35.0 Å². The van der Waals surface area contributed by atoms with Crippen molar-refractivity contribution in [2.24, 2.45) is 7.05 Å². The second-order valence-corrected chi connectivity index (χ2v) is 11.7. The van der Waals surface area contributed by atoms with E-state index in [9.17, 15) is 18.8 Å². The van der Waals surface area contributed by atoms with Gasteiger partial charge in [0.05, 0.1) is 15.6 Å². The molecule has 10 heteroatoms. The molecular formula is C28H29Cl2FN2O4S. The Hall–Kier alpha value is -2.81. The van der Waals surface area contributed by atoms with Gasteiger partial charge in [0.1, 0.15) is 11.4 Å². The Morgan fingerprint density at radius 3 is 2.34 bits per heavy atom. The van der Waals surface area contributed by atoms with Gasteiger partial charge in [-0.1, -0.05) is 42.3 Å². The van der Waals surface area contributed by atoms with E-state index in [0.29, 0.717) is 22.4 Å². The monoisotopic (exact) mass is 578 g/mol. The van der Waals surface area contributed by atoms with Crippen LogP contribution in [0.2, 0.25) is 10.0 Å². The van der Waals surface area contributed by atoms with Crippen LogP contribution in [0.4, 0.5) is 9.18 Å². The summed E-state index contributed by atoms with van der Waals surface area (Å²) in [6.45, 7) is 7.29. The van der Waals surface area contributed by atoms with Gasteiger partial charge in [-0.25, -0.2) is 9.18 Å². The van der Waals surface area contributed by atoms with Gasteiger partial charge in [-0.3, -0.25) is 9.59 Å². The molecule has 1 aromatic heterocycles. The van der Waals surface area contributed by atoms with E-state index in [2.05, 4.69) is 12.2 Å². The number of nitrogens with zero attached hydrogens (tertiary/aromatic N) is 1. The zero-order valence-electron chi connectivity index (χ0n) is 21.8. The summed E-state index contributed by atoms with van der Waals surface area (Å²) in [6.07, 6.45) is 0.976. The van der Waals surface area contributed by atoms with Gasteiger partial charge in [0, 0.05) is 42.7 Å². The largest absolute Gasteiger partial charge is 0.444 e. The average Bonchev–Trinajstić information content (AvgIpc) is 2.81. The molecule has 0 saturated heterocycles. The van der Waals surface area contributed by atoms with Gasteiger partial charge in [-0.2, -0.15) is 11.8 Å². The quantitative estimate of drug-likeness (QED) is 0.291. The van der Waals surface area contributed by atoms with Crippen LogP contribution in [0.15, 0.2) is 47.4 Å². The molecule has 0 aliphatic rings. The number of carbonyl (C=O) groups excluding carboxylic acids is 2. The van der Waals surface area contributed by atoms with E-state index in [1.165, 1.54) is 10.6 Å². The SMILES string of the molecule is CCSCc1ccc(C(=O)c2c(Cl)cc(F)cc2Cl)c(-c2cn(C)c(=O)cc2CNC(=O)OC(C)(C)C)c1. The van der Waals surface area contributed by atoms with Crippen molar-refractivity contribution in [2.75, 3.05) is 5.75 Å². The van der Waals surface area contributed by atoms with E-state index in [4.69, 9.17) is 27.9 Å². The van der Waals surface area contributed by atoms with Crippen LogP contribution in [-0.4, -0.2) is 27.8 Å². The van der Waals surface area contributed by atoms with Crippen molar-refractivity contribution in [1.82, 2.24) is 9.88 Å². The fraction of sp³-hybridized carbons (Fsp3) is 0.321. The topological polar surface area (TPSA) is 77.4 Å². The Labute approximate surface area is 235 Å². The summed E-state index contributed by atoms with van der Waals surface area (Å²) in [6, 6.07) is 8.87. The number of nitrogens with one attached hydrogen (secondary N) is 1. The van der Waals surface area contributed by atoms with E-state index in [0.717, 1.165) is 23.4 Å². The number of amides is 1. The highest BCUT2D eigenvalue weighted by Gasteiger charge is 2.24. The predicted octanol–water partition coefficient (Wildman–Crippen LogP) is 7.01. The fourth-order valence-electron chi connectivity index (χ4n) is 3.75. The molecule has 0 aliphatic carbocycles. The van der Waals surface area contributed by atoms with E-state index in [-0.39, 0.29) is 33.3 Å². The summed E-state index contributed by atoms with van der Waals surface area (Å²) in [5.74, 6) is 0.455. The summed E-state index contributed by atoms with van der Waals surface area (Å²) in [5, 5.41) is 2.47. The van der Waals surface area contributed by atoms with Crippen LogP contribution in [0, 0.1) is 5.82 Å². The molecule has 0 unspecified atom stereocenters. The lowest BCUT2D eigenvalue weighted by molar-refractivity contribution is 0.0523. The zero-order chi connectivity index (χ0) is 28.2. The summed E-state index contributed by atoms with van der Waals surface area (Å²) in [5.41, 5.74) is 1.79. The molecule has 3 aromatic rings. The van der Waals surface area contributed by atoms with Gasteiger partial charge >= 0.3 is 6.09 Å². The number of hydrogen-bond acceptors (Lipinski definition) is 5. The maximum atomic E-state index is 13.8. The van der Waals surface area contributed by atoms with Crippen molar-refractivity contribution in [3.8, 4) is 11.1 Å². The fourth-order valence-corrected chi connectivity index (χ4v) is 5.01. The van der Waals surface area contributed by atoms with Gasteiger partial charge in [-0.05, 0) is 61.4 Å². The lowest BCUT2D eigenvalue weighted by Gasteiger charge is -2.21. The number of benzene rings is 2. The smallest absolute Gasteiger partial charge is 0.407 e. The second kappa shape index (κ2) is 12.4. The highest BCUT2D eigenvalue weighted by molar-refractivity contribution is 7.98. The minimum atomic E-state index is -0.696. The van der Waals surface area contributed by atoms with Crippen molar-refractivity contribution < 1.29 is 18.7 Å². The van der Waals surface area contributed by atoms with Crippen LogP contribution in [0.25, 0.3) is 11.1 Å². The first-order valence-corrected chi connectivity index (χ1v) is 13.8. The van der Waals surface area contributed by atoms with Crippen molar-refractivity contribution >= 4 is 46.8 Å². The number of aromatic nitrogens is 1. The number of thioether (sulfide) groups is 1. The number of hydrogen-bond donors (Lipinski definition) is 1. The lowest BCUT2D eigenvalue weighted by atomic mass is 9.91. The van der Waals surface area contributed by atoms with Gasteiger partial charge in [-0.15, -0.1) is 0 Å². The third-order valence-electron chi connectivity index (χ3n) is 5.46. The Bertz CT molecular complexity index is 1410. The minimum absolute atomic E-state index is 0.0139. The number of alkyl carbamates (subject to hydrolysis) is 1. The highest BCUT2D eigenvalue weighted by Crippen LogP contribution is 2.34. The Kier molecular flexibility index (Phi) is 9.68. The predicted molar refractivity (Wildman–Crippen MR) is 152 cm³/mol. The molecule has 0 fully saturated rings. The van der Waals surface area contributed by atoms with Gasteiger partial charge in [0.2, 0.25) is 0 Å². The lowest BCUT2D eigenvalue weighted by Crippen LogP contribution is -2.32. The molecule has 0 aliphatic heterocycles. The van der Waals surface area contributed by atoms with E-state index in [1.54, 1.807) is 51.8 Å². The average molecular weight is 580 g/mol. The molecule has 0 spiro atoms. The first-order valence-electron chi connectivity index (χ1n) is 11.9. The number of aryl methyl sites for hydroxylation is 1.